The molecule has 0 bridgehead atoms. The first kappa shape index (κ1) is 19.9. The van der Waals surface area contributed by atoms with Crippen molar-refractivity contribution < 1.29 is 9.16 Å². The summed E-state index contributed by atoms with van der Waals surface area (Å²) in [7, 11) is -1.71. The number of rotatable bonds is 5. The molecule has 0 atom stereocenters. The second kappa shape index (κ2) is 8.79. The van der Waals surface area contributed by atoms with Crippen LogP contribution in [0.15, 0.2) is 54.9 Å². The molecule has 1 aromatic carbocycles. The van der Waals surface area contributed by atoms with Crippen molar-refractivity contribution in [2.75, 3.05) is 6.61 Å². The molecule has 2 rings (SSSR count). The summed E-state index contributed by atoms with van der Waals surface area (Å²) in [5.41, 5.74) is 0.612. The zero-order valence-electron chi connectivity index (χ0n) is 16.1. The van der Waals surface area contributed by atoms with E-state index in [9.17, 15) is 0 Å². The normalized spacial score (nSPS) is 11.9. The monoisotopic (exact) mass is 366 g/mol. The Balaban J connectivity index is 1.91. The van der Waals surface area contributed by atoms with Gasteiger partial charge in [-0.25, -0.2) is 9.97 Å². The minimum atomic E-state index is -1.71. The van der Waals surface area contributed by atoms with Gasteiger partial charge in [0.1, 0.15) is 17.8 Å². The van der Waals surface area contributed by atoms with Crippen LogP contribution in [-0.4, -0.2) is 24.9 Å². The number of allylic oxidation sites excluding steroid dienone is 1. The minimum Gasteiger partial charge on any atom is -0.439 e. The van der Waals surface area contributed by atoms with Crippen molar-refractivity contribution in [1.82, 2.24) is 9.97 Å². The summed E-state index contributed by atoms with van der Waals surface area (Å²) in [6, 6.07) is 11.2. The van der Waals surface area contributed by atoms with Gasteiger partial charge >= 0.3 is 0 Å². The van der Waals surface area contributed by atoms with Crippen molar-refractivity contribution in [2.24, 2.45) is 0 Å². The minimum absolute atomic E-state index is 0.211. The summed E-state index contributed by atoms with van der Waals surface area (Å²) in [6.45, 7) is 11.7. The quantitative estimate of drug-likeness (QED) is 0.539. The molecule has 0 amide bonds. The van der Waals surface area contributed by atoms with Crippen LogP contribution in [0.5, 0.6) is 11.6 Å². The molecule has 0 aliphatic heterocycles. The summed E-state index contributed by atoms with van der Waals surface area (Å²) in [5.74, 6) is 7.17. The van der Waals surface area contributed by atoms with Crippen LogP contribution in [0, 0.1) is 11.8 Å². The number of benzene rings is 1. The van der Waals surface area contributed by atoms with Gasteiger partial charge in [-0.05, 0) is 42.3 Å². The second-order valence-corrected chi connectivity index (χ2v) is 12.2. The lowest BCUT2D eigenvalue weighted by Gasteiger charge is -2.35. The Morgan fingerprint density at radius 3 is 2.54 bits per heavy atom. The number of aromatic nitrogens is 2. The number of nitrogens with zero attached hydrogens (tertiary/aromatic N) is 2. The Kier molecular flexibility index (Phi) is 6.73. The number of hydrogen-bond acceptors (Lipinski definition) is 4. The van der Waals surface area contributed by atoms with Crippen molar-refractivity contribution in [1.29, 1.82) is 0 Å². The zero-order valence-corrected chi connectivity index (χ0v) is 17.1. The predicted octanol–water partition coefficient (Wildman–Crippen LogP) is 5.20. The number of para-hydroxylation sites is 1. The van der Waals surface area contributed by atoms with E-state index in [-0.39, 0.29) is 5.04 Å². The fourth-order valence-electron chi connectivity index (χ4n) is 1.77. The average Bonchev–Trinajstić information content (AvgIpc) is 2.58. The van der Waals surface area contributed by atoms with Crippen LogP contribution in [-0.2, 0) is 4.43 Å². The van der Waals surface area contributed by atoms with Gasteiger partial charge in [0.15, 0.2) is 8.32 Å². The smallest absolute Gasteiger partial charge is 0.223 e. The highest BCUT2D eigenvalue weighted by atomic mass is 28.4. The van der Waals surface area contributed by atoms with Crippen molar-refractivity contribution >= 4 is 8.32 Å². The first-order chi connectivity index (χ1) is 12.3. The van der Waals surface area contributed by atoms with E-state index in [2.05, 4.69) is 55.7 Å². The van der Waals surface area contributed by atoms with Gasteiger partial charge in [0, 0.05) is 6.07 Å². The molecule has 0 radical (unpaired) electrons. The fraction of sp³-hybridized carbons (Fsp3) is 0.333. The molecule has 0 aliphatic carbocycles. The first-order valence-electron chi connectivity index (χ1n) is 8.63. The van der Waals surface area contributed by atoms with E-state index < -0.39 is 8.32 Å². The average molecular weight is 367 g/mol. The molecule has 4 nitrogen and oxygen atoms in total. The first-order valence-corrected chi connectivity index (χ1v) is 11.5. The fourth-order valence-corrected chi connectivity index (χ4v) is 2.71. The highest BCUT2D eigenvalue weighted by Gasteiger charge is 2.36. The highest BCUT2D eigenvalue weighted by Crippen LogP contribution is 2.36. The molecular weight excluding hydrogens is 340 g/mol. The summed E-state index contributed by atoms with van der Waals surface area (Å²) >= 11 is 0. The van der Waals surface area contributed by atoms with Gasteiger partial charge in [0.05, 0.1) is 6.61 Å². The molecule has 0 aliphatic rings. The molecule has 0 saturated carbocycles. The maximum Gasteiger partial charge on any atom is 0.223 e. The summed E-state index contributed by atoms with van der Waals surface area (Å²) in [5, 5.41) is 0.211. The second-order valence-electron chi connectivity index (χ2n) is 7.40. The third-order valence-corrected chi connectivity index (χ3v) is 8.86. The molecular formula is C21H26N2O2Si. The lowest BCUT2D eigenvalue weighted by Crippen LogP contribution is -2.40. The summed E-state index contributed by atoms with van der Waals surface area (Å²) in [6.07, 6.45) is 5.19. The van der Waals surface area contributed by atoms with Crippen molar-refractivity contribution in [3.8, 4) is 23.5 Å². The van der Waals surface area contributed by atoms with Crippen molar-refractivity contribution in [3.63, 3.8) is 0 Å². The van der Waals surface area contributed by atoms with Gasteiger partial charge < -0.3 is 9.16 Å². The van der Waals surface area contributed by atoms with E-state index >= 15 is 0 Å². The van der Waals surface area contributed by atoms with Gasteiger partial charge in [-0.2, -0.15) is 0 Å². The maximum absolute atomic E-state index is 6.07. The Hall–Kier alpha value is -2.42. The highest BCUT2D eigenvalue weighted by molar-refractivity contribution is 6.74. The lowest BCUT2D eigenvalue weighted by molar-refractivity contribution is 0.328. The maximum atomic E-state index is 6.07. The Bertz CT molecular complexity index is 800. The topological polar surface area (TPSA) is 44.2 Å². The lowest BCUT2D eigenvalue weighted by atomic mass is 10.2. The molecule has 0 N–H and O–H groups in total. The van der Waals surface area contributed by atoms with E-state index in [1.807, 2.05) is 36.4 Å². The van der Waals surface area contributed by atoms with Crippen LogP contribution in [0.3, 0.4) is 0 Å². The van der Waals surface area contributed by atoms with Crippen LogP contribution in [0.4, 0.5) is 0 Å². The van der Waals surface area contributed by atoms with Gasteiger partial charge in [-0.3, -0.25) is 0 Å². The molecule has 5 heteroatoms. The van der Waals surface area contributed by atoms with Gasteiger partial charge in [-0.1, -0.05) is 51.0 Å². The van der Waals surface area contributed by atoms with Crippen molar-refractivity contribution in [3.05, 3.63) is 60.6 Å². The number of hydrogen-bond donors (Lipinski definition) is 0. The summed E-state index contributed by atoms with van der Waals surface area (Å²) in [4.78, 5) is 8.26. The molecule has 0 spiro atoms. The van der Waals surface area contributed by atoms with E-state index in [1.54, 1.807) is 12.1 Å². The van der Waals surface area contributed by atoms with Crippen molar-refractivity contribution in [2.45, 2.75) is 38.9 Å². The zero-order chi connectivity index (χ0) is 19.0. The molecule has 136 valence electrons. The summed E-state index contributed by atoms with van der Waals surface area (Å²) < 4.78 is 11.8. The van der Waals surface area contributed by atoms with E-state index in [1.165, 1.54) is 6.33 Å². The predicted molar refractivity (Wildman–Crippen MR) is 108 cm³/mol. The van der Waals surface area contributed by atoms with Crippen LogP contribution >= 0.6 is 0 Å². The SMILES string of the molecule is CC(C)(C)[Si](C)(C)OCC=CC#Cc1cc(Oc2ccccc2)ncn1. The third-order valence-electron chi connectivity index (χ3n) is 4.36. The van der Waals surface area contributed by atoms with Crippen LogP contribution in [0.2, 0.25) is 18.1 Å². The standard InChI is InChI=1S/C21H26N2O2Si/c1-21(2,3)26(4,5)24-15-11-7-8-12-18-16-20(23-17-22-18)25-19-13-9-6-10-14-19/h6-7,9-11,13-14,16-17H,15H2,1-5H3. The third kappa shape index (κ3) is 6.14. The molecule has 1 aromatic heterocycles. The Morgan fingerprint density at radius 1 is 1.12 bits per heavy atom. The van der Waals surface area contributed by atoms with Gasteiger partial charge in [-0.15, -0.1) is 0 Å². The van der Waals surface area contributed by atoms with Crippen LogP contribution in [0.1, 0.15) is 26.5 Å². The van der Waals surface area contributed by atoms with Gasteiger partial charge in [0.25, 0.3) is 0 Å². The molecule has 0 saturated heterocycles. The largest absolute Gasteiger partial charge is 0.439 e. The van der Waals surface area contributed by atoms with Crippen LogP contribution in [0.25, 0.3) is 0 Å². The van der Waals surface area contributed by atoms with Gasteiger partial charge in [0.2, 0.25) is 5.88 Å². The van der Waals surface area contributed by atoms with E-state index in [4.69, 9.17) is 9.16 Å². The number of ether oxygens (including phenoxy) is 1. The Labute approximate surface area is 157 Å². The molecule has 2 aromatic rings. The molecule has 1 heterocycles. The van der Waals surface area contributed by atoms with Crippen LogP contribution < -0.4 is 4.74 Å². The van der Waals surface area contributed by atoms with E-state index in [0.717, 1.165) is 5.75 Å². The molecule has 0 fully saturated rings. The van der Waals surface area contributed by atoms with E-state index in [0.29, 0.717) is 18.2 Å². The molecule has 0 unspecified atom stereocenters. The Morgan fingerprint density at radius 2 is 1.85 bits per heavy atom. The molecule has 26 heavy (non-hydrogen) atoms.